The van der Waals surface area contributed by atoms with Crippen LogP contribution in [0.4, 0.5) is 11.6 Å². The van der Waals surface area contributed by atoms with Crippen LogP contribution in [0, 0.1) is 5.92 Å². The first-order valence-electron chi connectivity index (χ1n) is 4.76. The first kappa shape index (κ1) is 11.6. The molecule has 1 saturated heterocycles. The van der Waals surface area contributed by atoms with E-state index >= 15 is 0 Å². The van der Waals surface area contributed by atoms with Crippen LogP contribution in [-0.2, 0) is 4.79 Å². The molecule has 0 aromatic carbocycles. The summed E-state index contributed by atoms with van der Waals surface area (Å²) < 4.78 is 0.550. The summed E-state index contributed by atoms with van der Waals surface area (Å²) in [5.41, 5.74) is 5.72. The maximum absolute atomic E-state index is 11.7. The summed E-state index contributed by atoms with van der Waals surface area (Å²) in [5.74, 6) is 1.29. The van der Waals surface area contributed by atoms with E-state index in [9.17, 15) is 4.79 Å². The molecule has 2 N–H and O–H groups in total. The SMILES string of the molecule is Nc1nc(Br)cnc1N1CC(CCl)CC1=O. The van der Waals surface area contributed by atoms with E-state index in [0.29, 0.717) is 29.3 Å². The van der Waals surface area contributed by atoms with Gasteiger partial charge in [-0.05, 0) is 21.8 Å². The fourth-order valence-electron chi connectivity index (χ4n) is 1.67. The first-order valence-corrected chi connectivity index (χ1v) is 6.09. The van der Waals surface area contributed by atoms with Gasteiger partial charge in [-0.2, -0.15) is 0 Å². The van der Waals surface area contributed by atoms with Crippen molar-refractivity contribution < 1.29 is 4.79 Å². The molecule has 1 aromatic heterocycles. The number of hydrogen-bond donors (Lipinski definition) is 1. The summed E-state index contributed by atoms with van der Waals surface area (Å²) >= 11 is 8.90. The number of alkyl halides is 1. The third-order valence-electron chi connectivity index (χ3n) is 2.43. The molecule has 7 heteroatoms. The predicted molar refractivity (Wildman–Crippen MR) is 65.3 cm³/mol. The number of hydrogen-bond acceptors (Lipinski definition) is 4. The van der Waals surface area contributed by atoms with Crippen molar-refractivity contribution in [1.82, 2.24) is 9.97 Å². The monoisotopic (exact) mass is 304 g/mol. The van der Waals surface area contributed by atoms with E-state index in [4.69, 9.17) is 17.3 Å². The molecular formula is C9H10BrClN4O. The molecule has 5 nitrogen and oxygen atoms in total. The number of amides is 1. The Labute approximate surface area is 106 Å². The minimum absolute atomic E-state index is 0.00558. The fraction of sp³-hybridized carbons (Fsp3) is 0.444. The molecule has 16 heavy (non-hydrogen) atoms. The van der Waals surface area contributed by atoms with Gasteiger partial charge >= 0.3 is 0 Å². The van der Waals surface area contributed by atoms with Gasteiger partial charge in [0.1, 0.15) is 4.60 Å². The Bertz CT molecular complexity index is 428. The lowest BCUT2D eigenvalue weighted by Gasteiger charge is -2.16. The lowest BCUT2D eigenvalue weighted by Crippen LogP contribution is -2.27. The van der Waals surface area contributed by atoms with Crippen molar-refractivity contribution in [3.8, 4) is 0 Å². The van der Waals surface area contributed by atoms with Crippen LogP contribution >= 0.6 is 27.5 Å². The second-order valence-electron chi connectivity index (χ2n) is 3.63. The van der Waals surface area contributed by atoms with Crippen LogP contribution in [0.5, 0.6) is 0 Å². The van der Waals surface area contributed by atoms with Crippen molar-refractivity contribution in [1.29, 1.82) is 0 Å². The minimum atomic E-state index is -0.00558. The highest BCUT2D eigenvalue weighted by Crippen LogP contribution is 2.27. The molecule has 0 radical (unpaired) electrons. The number of halogens is 2. The molecule has 86 valence electrons. The minimum Gasteiger partial charge on any atom is -0.381 e. The molecule has 1 aliphatic heterocycles. The maximum Gasteiger partial charge on any atom is 0.228 e. The van der Waals surface area contributed by atoms with E-state index in [1.54, 1.807) is 4.90 Å². The van der Waals surface area contributed by atoms with Crippen molar-refractivity contribution in [2.45, 2.75) is 6.42 Å². The van der Waals surface area contributed by atoms with Crippen molar-refractivity contribution >= 4 is 45.1 Å². The highest BCUT2D eigenvalue weighted by atomic mass is 79.9. The number of anilines is 2. The fourth-order valence-corrected chi connectivity index (χ4v) is 2.17. The Balaban J connectivity index is 2.28. The third-order valence-corrected chi connectivity index (χ3v) is 3.25. The van der Waals surface area contributed by atoms with E-state index in [1.807, 2.05) is 0 Å². The quantitative estimate of drug-likeness (QED) is 0.839. The standard InChI is InChI=1S/C9H10BrClN4O/c10-6-3-13-9(8(12)14-6)15-4-5(2-11)1-7(15)16/h3,5H,1-2,4H2,(H2,12,14). The lowest BCUT2D eigenvalue weighted by molar-refractivity contribution is -0.117. The molecule has 2 rings (SSSR count). The van der Waals surface area contributed by atoms with Gasteiger partial charge < -0.3 is 5.73 Å². The molecule has 1 fully saturated rings. The van der Waals surface area contributed by atoms with Crippen LogP contribution < -0.4 is 10.6 Å². The molecule has 0 bridgehead atoms. The topological polar surface area (TPSA) is 72.1 Å². The Morgan fingerprint density at radius 3 is 3.00 bits per heavy atom. The predicted octanol–water partition coefficient (Wildman–Crippen LogP) is 1.41. The van der Waals surface area contributed by atoms with Crippen LogP contribution in [0.15, 0.2) is 10.8 Å². The molecule has 0 aliphatic carbocycles. The van der Waals surface area contributed by atoms with Crippen LogP contribution in [-0.4, -0.2) is 28.3 Å². The maximum atomic E-state index is 11.7. The molecule has 1 unspecified atom stereocenters. The Hall–Kier alpha value is -0.880. The number of carbonyl (C=O) groups excluding carboxylic acids is 1. The van der Waals surface area contributed by atoms with E-state index < -0.39 is 0 Å². The average Bonchev–Trinajstić information content (AvgIpc) is 2.60. The van der Waals surface area contributed by atoms with Gasteiger partial charge in [-0.25, -0.2) is 9.97 Å². The summed E-state index contributed by atoms with van der Waals surface area (Å²) in [7, 11) is 0. The zero-order valence-electron chi connectivity index (χ0n) is 8.36. The molecule has 1 aliphatic rings. The van der Waals surface area contributed by atoms with Crippen LogP contribution in [0.1, 0.15) is 6.42 Å². The Morgan fingerprint density at radius 2 is 2.44 bits per heavy atom. The smallest absolute Gasteiger partial charge is 0.228 e. The molecule has 0 saturated carbocycles. The zero-order valence-corrected chi connectivity index (χ0v) is 10.7. The molecule has 1 aromatic rings. The zero-order chi connectivity index (χ0) is 11.7. The summed E-state index contributed by atoms with van der Waals surface area (Å²) in [6.07, 6.45) is 1.97. The summed E-state index contributed by atoms with van der Waals surface area (Å²) in [6.45, 7) is 0.558. The van der Waals surface area contributed by atoms with Crippen LogP contribution in [0.25, 0.3) is 0 Å². The Morgan fingerprint density at radius 1 is 1.69 bits per heavy atom. The van der Waals surface area contributed by atoms with Crippen molar-refractivity contribution in [2.75, 3.05) is 23.1 Å². The second kappa shape index (κ2) is 4.55. The Kier molecular flexibility index (Phi) is 3.30. The number of nitrogens with two attached hydrogens (primary N) is 1. The largest absolute Gasteiger partial charge is 0.381 e. The molecular weight excluding hydrogens is 295 g/mol. The highest BCUT2D eigenvalue weighted by molar-refractivity contribution is 9.10. The van der Waals surface area contributed by atoms with E-state index in [0.717, 1.165) is 0 Å². The average molecular weight is 306 g/mol. The first-order chi connectivity index (χ1) is 7.61. The summed E-state index contributed by atoms with van der Waals surface area (Å²) in [4.78, 5) is 21.4. The van der Waals surface area contributed by atoms with E-state index in [2.05, 4.69) is 25.9 Å². The number of aromatic nitrogens is 2. The summed E-state index contributed by atoms with van der Waals surface area (Å²) in [6, 6.07) is 0. The van der Waals surface area contributed by atoms with Gasteiger partial charge in [0, 0.05) is 18.8 Å². The summed E-state index contributed by atoms with van der Waals surface area (Å²) in [5, 5.41) is 0. The van der Waals surface area contributed by atoms with Crippen molar-refractivity contribution in [3.05, 3.63) is 10.8 Å². The number of nitrogens with zero attached hydrogens (tertiary/aromatic N) is 3. The number of rotatable bonds is 2. The van der Waals surface area contributed by atoms with Gasteiger partial charge in [0.2, 0.25) is 5.91 Å². The molecule has 0 spiro atoms. The van der Waals surface area contributed by atoms with Crippen molar-refractivity contribution in [2.24, 2.45) is 5.92 Å². The molecule has 1 atom stereocenters. The molecule has 1 amide bonds. The number of nitrogen functional groups attached to an aromatic ring is 1. The van der Waals surface area contributed by atoms with Gasteiger partial charge in [-0.15, -0.1) is 11.6 Å². The third kappa shape index (κ3) is 2.12. The van der Waals surface area contributed by atoms with Crippen LogP contribution in [0.3, 0.4) is 0 Å². The molecule has 2 heterocycles. The van der Waals surface area contributed by atoms with Gasteiger partial charge in [-0.3, -0.25) is 9.69 Å². The lowest BCUT2D eigenvalue weighted by atomic mass is 10.1. The van der Waals surface area contributed by atoms with Gasteiger partial charge in [0.15, 0.2) is 11.6 Å². The van der Waals surface area contributed by atoms with Crippen LogP contribution in [0.2, 0.25) is 0 Å². The normalized spacial score (nSPS) is 20.5. The highest BCUT2D eigenvalue weighted by Gasteiger charge is 2.32. The van der Waals surface area contributed by atoms with E-state index in [1.165, 1.54) is 6.20 Å². The van der Waals surface area contributed by atoms with Gasteiger partial charge in [0.05, 0.1) is 6.20 Å². The second-order valence-corrected chi connectivity index (χ2v) is 4.75. The van der Waals surface area contributed by atoms with Crippen molar-refractivity contribution in [3.63, 3.8) is 0 Å². The van der Waals surface area contributed by atoms with E-state index in [-0.39, 0.29) is 17.6 Å². The van der Waals surface area contributed by atoms with Gasteiger partial charge in [0.25, 0.3) is 0 Å². The van der Waals surface area contributed by atoms with Gasteiger partial charge in [-0.1, -0.05) is 0 Å². The number of carbonyl (C=O) groups is 1.